The first-order valence-electron chi connectivity index (χ1n) is 6.47. The summed E-state index contributed by atoms with van der Waals surface area (Å²) < 4.78 is 62.0. The van der Waals surface area contributed by atoms with Gasteiger partial charge in [0.1, 0.15) is 0 Å². The van der Waals surface area contributed by atoms with Crippen molar-refractivity contribution in [3.05, 3.63) is 58.6 Å². The summed E-state index contributed by atoms with van der Waals surface area (Å²) in [6, 6.07) is 7.95. The van der Waals surface area contributed by atoms with Crippen molar-refractivity contribution >= 4 is 33.0 Å². The molecular formula is C15H11ClF3NO3S. The molecule has 0 radical (unpaired) electrons. The van der Waals surface area contributed by atoms with Crippen LogP contribution in [0.2, 0.25) is 5.02 Å². The highest BCUT2D eigenvalue weighted by molar-refractivity contribution is 7.90. The molecule has 0 saturated heterocycles. The fraction of sp³-hybridized carbons (Fsp3) is 0.133. The van der Waals surface area contributed by atoms with E-state index in [2.05, 4.69) is 5.32 Å². The van der Waals surface area contributed by atoms with Gasteiger partial charge < -0.3 is 5.32 Å². The van der Waals surface area contributed by atoms with E-state index in [1.807, 2.05) is 0 Å². The number of hydrogen-bond donors (Lipinski definition) is 1. The van der Waals surface area contributed by atoms with E-state index in [9.17, 15) is 26.4 Å². The van der Waals surface area contributed by atoms with E-state index < -0.39 is 33.2 Å². The van der Waals surface area contributed by atoms with Crippen LogP contribution in [0.15, 0.2) is 47.4 Å². The first kappa shape index (κ1) is 18.3. The van der Waals surface area contributed by atoms with Crippen LogP contribution in [0.1, 0.15) is 15.9 Å². The second kappa shape index (κ2) is 6.45. The van der Waals surface area contributed by atoms with Crippen molar-refractivity contribution in [2.75, 3.05) is 11.6 Å². The molecule has 2 rings (SSSR count). The SMILES string of the molecule is CS(=O)(=O)c1cccc(C(=O)Nc2ccc(Cl)cc2C(F)(F)F)c1. The molecule has 0 atom stereocenters. The van der Waals surface area contributed by atoms with Crippen LogP contribution < -0.4 is 5.32 Å². The van der Waals surface area contributed by atoms with E-state index in [0.717, 1.165) is 18.4 Å². The van der Waals surface area contributed by atoms with E-state index in [1.165, 1.54) is 24.3 Å². The molecule has 128 valence electrons. The maximum absolute atomic E-state index is 13.0. The van der Waals surface area contributed by atoms with Gasteiger partial charge in [-0.05, 0) is 36.4 Å². The first-order valence-corrected chi connectivity index (χ1v) is 8.73. The number of hydrogen-bond acceptors (Lipinski definition) is 3. The standard InChI is InChI=1S/C15H11ClF3NO3S/c1-24(22,23)11-4-2-3-9(7-11)14(21)20-13-6-5-10(16)8-12(13)15(17,18)19/h2-8H,1H3,(H,20,21). The molecule has 24 heavy (non-hydrogen) atoms. The number of nitrogens with one attached hydrogen (secondary N) is 1. The lowest BCUT2D eigenvalue weighted by Gasteiger charge is -2.14. The molecule has 0 fully saturated rings. The lowest BCUT2D eigenvalue weighted by atomic mass is 10.1. The average Bonchev–Trinajstić information content (AvgIpc) is 2.47. The molecule has 0 aliphatic heterocycles. The minimum absolute atomic E-state index is 0.0824. The summed E-state index contributed by atoms with van der Waals surface area (Å²) in [5, 5.41) is 2.00. The molecule has 9 heteroatoms. The Bertz CT molecular complexity index is 895. The maximum atomic E-state index is 13.0. The average molecular weight is 378 g/mol. The van der Waals surface area contributed by atoms with Crippen molar-refractivity contribution < 1.29 is 26.4 Å². The Morgan fingerprint density at radius 3 is 2.38 bits per heavy atom. The molecule has 0 bridgehead atoms. The van der Waals surface area contributed by atoms with Gasteiger partial charge >= 0.3 is 6.18 Å². The first-order chi connectivity index (χ1) is 11.0. The number of carbonyl (C=O) groups excluding carboxylic acids is 1. The minimum Gasteiger partial charge on any atom is -0.321 e. The highest BCUT2D eigenvalue weighted by atomic mass is 35.5. The third-order valence-electron chi connectivity index (χ3n) is 3.06. The predicted molar refractivity (Wildman–Crippen MR) is 84.0 cm³/mol. The van der Waals surface area contributed by atoms with Gasteiger partial charge in [-0.15, -0.1) is 0 Å². The Labute approximate surface area is 141 Å². The Kier molecular flexibility index (Phi) is 4.91. The Hall–Kier alpha value is -2.06. The summed E-state index contributed by atoms with van der Waals surface area (Å²) in [4.78, 5) is 12.0. The second-order valence-electron chi connectivity index (χ2n) is 4.94. The summed E-state index contributed by atoms with van der Waals surface area (Å²) in [6.45, 7) is 0. The topological polar surface area (TPSA) is 63.2 Å². The van der Waals surface area contributed by atoms with E-state index in [0.29, 0.717) is 6.07 Å². The van der Waals surface area contributed by atoms with Gasteiger partial charge in [-0.25, -0.2) is 8.42 Å². The fourth-order valence-corrected chi connectivity index (χ4v) is 2.76. The lowest BCUT2D eigenvalue weighted by molar-refractivity contribution is -0.136. The summed E-state index contributed by atoms with van der Waals surface area (Å²) in [7, 11) is -3.55. The van der Waals surface area contributed by atoms with Gasteiger partial charge in [-0.2, -0.15) is 13.2 Å². The van der Waals surface area contributed by atoms with Crippen LogP contribution in [-0.2, 0) is 16.0 Å². The molecule has 0 aliphatic carbocycles. The van der Waals surface area contributed by atoms with Crippen molar-refractivity contribution in [2.45, 2.75) is 11.1 Å². The second-order valence-corrected chi connectivity index (χ2v) is 7.39. The van der Waals surface area contributed by atoms with Crippen LogP contribution in [-0.4, -0.2) is 20.6 Å². The molecule has 0 spiro atoms. The van der Waals surface area contributed by atoms with E-state index in [4.69, 9.17) is 11.6 Å². The monoisotopic (exact) mass is 377 g/mol. The number of amides is 1. The van der Waals surface area contributed by atoms with Crippen molar-refractivity contribution in [3.63, 3.8) is 0 Å². The smallest absolute Gasteiger partial charge is 0.321 e. The molecule has 1 amide bonds. The summed E-state index contributed by atoms with van der Waals surface area (Å²) >= 11 is 5.57. The summed E-state index contributed by atoms with van der Waals surface area (Å²) in [6.07, 6.45) is -3.74. The molecule has 0 aliphatic rings. The normalized spacial score (nSPS) is 12.0. The van der Waals surface area contributed by atoms with Gasteiger partial charge in [0, 0.05) is 16.8 Å². The molecule has 4 nitrogen and oxygen atoms in total. The van der Waals surface area contributed by atoms with Gasteiger partial charge in [0.05, 0.1) is 16.1 Å². The minimum atomic E-state index is -4.71. The van der Waals surface area contributed by atoms with Crippen molar-refractivity contribution in [3.8, 4) is 0 Å². The van der Waals surface area contributed by atoms with Gasteiger partial charge in [-0.1, -0.05) is 17.7 Å². The largest absolute Gasteiger partial charge is 0.418 e. The molecule has 2 aromatic rings. The number of rotatable bonds is 3. The third-order valence-corrected chi connectivity index (χ3v) is 4.40. The molecule has 2 aromatic carbocycles. The summed E-state index contributed by atoms with van der Waals surface area (Å²) in [5.74, 6) is -0.867. The maximum Gasteiger partial charge on any atom is 0.418 e. The highest BCUT2D eigenvalue weighted by Crippen LogP contribution is 2.36. The zero-order chi connectivity index (χ0) is 18.1. The van der Waals surface area contributed by atoms with Crippen molar-refractivity contribution in [1.82, 2.24) is 0 Å². The van der Waals surface area contributed by atoms with E-state index in [-0.39, 0.29) is 15.5 Å². The molecule has 0 heterocycles. The predicted octanol–water partition coefficient (Wildman–Crippen LogP) is 4.01. The van der Waals surface area contributed by atoms with E-state index >= 15 is 0 Å². The number of halogens is 4. The van der Waals surface area contributed by atoms with Gasteiger partial charge in [0.15, 0.2) is 9.84 Å². The molecule has 0 unspecified atom stereocenters. The summed E-state index contributed by atoms with van der Waals surface area (Å²) in [5.41, 5.74) is -1.65. The van der Waals surface area contributed by atoms with E-state index in [1.54, 1.807) is 0 Å². The number of carbonyl (C=O) groups is 1. The van der Waals surface area contributed by atoms with Crippen LogP contribution in [0, 0.1) is 0 Å². The lowest BCUT2D eigenvalue weighted by Crippen LogP contribution is -2.17. The molecule has 0 saturated carbocycles. The third kappa shape index (κ3) is 4.27. The number of alkyl halides is 3. The number of anilines is 1. The highest BCUT2D eigenvalue weighted by Gasteiger charge is 2.34. The Morgan fingerprint density at radius 2 is 1.79 bits per heavy atom. The molecular weight excluding hydrogens is 367 g/mol. The Balaban J connectivity index is 2.38. The van der Waals surface area contributed by atoms with Crippen LogP contribution in [0.4, 0.5) is 18.9 Å². The quantitative estimate of drug-likeness (QED) is 0.878. The molecule has 1 N–H and O–H groups in total. The molecule has 0 aromatic heterocycles. The van der Waals surface area contributed by atoms with Gasteiger partial charge in [0.25, 0.3) is 5.91 Å². The van der Waals surface area contributed by atoms with Crippen LogP contribution in [0.25, 0.3) is 0 Å². The number of benzene rings is 2. The fourth-order valence-electron chi connectivity index (χ4n) is 1.92. The number of sulfone groups is 1. The van der Waals surface area contributed by atoms with Gasteiger partial charge in [-0.3, -0.25) is 4.79 Å². The Morgan fingerprint density at radius 1 is 1.12 bits per heavy atom. The van der Waals surface area contributed by atoms with Crippen LogP contribution in [0.3, 0.4) is 0 Å². The van der Waals surface area contributed by atoms with Crippen LogP contribution in [0.5, 0.6) is 0 Å². The zero-order valence-corrected chi connectivity index (χ0v) is 13.8. The van der Waals surface area contributed by atoms with Crippen LogP contribution >= 0.6 is 11.6 Å². The van der Waals surface area contributed by atoms with Crippen molar-refractivity contribution in [1.29, 1.82) is 0 Å². The zero-order valence-electron chi connectivity index (χ0n) is 12.2. The van der Waals surface area contributed by atoms with Crippen molar-refractivity contribution in [2.24, 2.45) is 0 Å². The van der Waals surface area contributed by atoms with Gasteiger partial charge in [0.2, 0.25) is 0 Å².